The minimum atomic E-state index is -0.838. The van der Waals surface area contributed by atoms with Gasteiger partial charge in [0.2, 0.25) is 5.91 Å². The van der Waals surface area contributed by atoms with Crippen molar-refractivity contribution in [2.24, 2.45) is 11.3 Å². The third-order valence-electron chi connectivity index (χ3n) is 3.55. The Hall–Kier alpha value is -1.06. The van der Waals surface area contributed by atoms with Gasteiger partial charge in [0.15, 0.2) is 0 Å². The number of aliphatic carboxylic acids is 1. The fourth-order valence-corrected chi connectivity index (χ4v) is 3.16. The number of carbonyl (C=O) groups is 2. The van der Waals surface area contributed by atoms with Crippen molar-refractivity contribution in [2.45, 2.75) is 65.3 Å². The van der Waals surface area contributed by atoms with Crippen molar-refractivity contribution >= 4 is 11.9 Å². The molecule has 0 bridgehead atoms. The second-order valence-electron chi connectivity index (χ2n) is 6.43. The highest BCUT2D eigenvalue weighted by atomic mass is 16.4. The Morgan fingerprint density at radius 1 is 1.28 bits per heavy atom. The van der Waals surface area contributed by atoms with E-state index >= 15 is 0 Å². The molecule has 0 aromatic carbocycles. The molecular formula is C14H25NO3. The van der Waals surface area contributed by atoms with Crippen LogP contribution < -0.4 is 5.32 Å². The Morgan fingerprint density at radius 3 is 2.50 bits per heavy atom. The SMILES string of the molecule is C[C@@H]1C[C@@H](NC(=O)CCCC(=O)O)CC(C)(C)C1. The molecule has 1 fully saturated rings. The molecule has 104 valence electrons. The molecule has 18 heavy (non-hydrogen) atoms. The van der Waals surface area contributed by atoms with Gasteiger partial charge in [-0.1, -0.05) is 20.8 Å². The van der Waals surface area contributed by atoms with Crippen LogP contribution in [-0.2, 0) is 9.59 Å². The third-order valence-corrected chi connectivity index (χ3v) is 3.55. The number of hydrogen-bond acceptors (Lipinski definition) is 2. The van der Waals surface area contributed by atoms with E-state index in [9.17, 15) is 9.59 Å². The zero-order chi connectivity index (χ0) is 13.8. The van der Waals surface area contributed by atoms with E-state index in [0.717, 1.165) is 12.8 Å². The van der Waals surface area contributed by atoms with Crippen LogP contribution in [0.25, 0.3) is 0 Å². The smallest absolute Gasteiger partial charge is 0.303 e. The lowest BCUT2D eigenvalue weighted by molar-refractivity contribution is -0.137. The van der Waals surface area contributed by atoms with E-state index in [0.29, 0.717) is 18.8 Å². The van der Waals surface area contributed by atoms with Gasteiger partial charge in [-0.05, 0) is 37.0 Å². The molecule has 1 saturated carbocycles. The van der Waals surface area contributed by atoms with Crippen LogP contribution in [0.2, 0.25) is 0 Å². The molecule has 4 heteroatoms. The third kappa shape index (κ3) is 5.52. The molecule has 0 aliphatic heterocycles. The van der Waals surface area contributed by atoms with Crippen molar-refractivity contribution in [3.8, 4) is 0 Å². The van der Waals surface area contributed by atoms with Gasteiger partial charge in [-0.2, -0.15) is 0 Å². The van der Waals surface area contributed by atoms with E-state index in [1.54, 1.807) is 0 Å². The number of carboxylic acids is 1. The van der Waals surface area contributed by atoms with Crippen LogP contribution in [0.4, 0.5) is 0 Å². The van der Waals surface area contributed by atoms with E-state index in [1.807, 2.05) is 0 Å². The van der Waals surface area contributed by atoms with Crippen molar-refractivity contribution in [1.82, 2.24) is 5.32 Å². The van der Waals surface area contributed by atoms with Gasteiger partial charge in [-0.15, -0.1) is 0 Å². The number of rotatable bonds is 5. The van der Waals surface area contributed by atoms with Crippen molar-refractivity contribution in [1.29, 1.82) is 0 Å². The van der Waals surface area contributed by atoms with Crippen molar-refractivity contribution in [3.63, 3.8) is 0 Å². The second kappa shape index (κ2) is 6.21. The van der Waals surface area contributed by atoms with Crippen LogP contribution in [0.1, 0.15) is 59.3 Å². The molecule has 0 heterocycles. The van der Waals surface area contributed by atoms with Gasteiger partial charge < -0.3 is 10.4 Å². The molecule has 1 rings (SSSR count). The largest absolute Gasteiger partial charge is 0.481 e. The summed E-state index contributed by atoms with van der Waals surface area (Å²) in [5, 5.41) is 11.6. The van der Waals surface area contributed by atoms with E-state index in [2.05, 4.69) is 26.1 Å². The summed E-state index contributed by atoms with van der Waals surface area (Å²) in [6, 6.07) is 0.251. The number of carboxylic acid groups (broad SMARTS) is 1. The van der Waals surface area contributed by atoms with E-state index < -0.39 is 5.97 Å². The first-order chi connectivity index (χ1) is 8.28. The zero-order valence-corrected chi connectivity index (χ0v) is 11.7. The summed E-state index contributed by atoms with van der Waals surface area (Å²) in [6.45, 7) is 6.71. The maximum absolute atomic E-state index is 11.7. The molecule has 1 aliphatic rings. The predicted octanol–water partition coefficient (Wildman–Crippen LogP) is 2.57. The lowest BCUT2D eigenvalue weighted by Crippen LogP contribution is -2.42. The Labute approximate surface area is 109 Å². The molecular weight excluding hydrogens is 230 g/mol. The average Bonchev–Trinajstić information content (AvgIpc) is 2.12. The molecule has 2 atom stereocenters. The molecule has 0 unspecified atom stereocenters. The highest BCUT2D eigenvalue weighted by Gasteiger charge is 2.32. The summed E-state index contributed by atoms with van der Waals surface area (Å²) >= 11 is 0. The average molecular weight is 255 g/mol. The van der Waals surface area contributed by atoms with E-state index in [-0.39, 0.29) is 23.8 Å². The molecule has 0 radical (unpaired) electrons. The van der Waals surface area contributed by atoms with Crippen LogP contribution in [0.5, 0.6) is 0 Å². The number of nitrogens with one attached hydrogen (secondary N) is 1. The van der Waals surface area contributed by atoms with Crippen molar-refractivity contribution in [2.75, 3.05) is 0 Å². The van der Waals surface area contributed by atoms with Gasteiger partial charge >= 0.3 is 5.97 Å². The monoisotopic (exact) mass is 255 g/mol. The fourth-order valence-electron chi connectivity index (χ4n) is 3.16. The minimum absolute atomic E-state index is 0.00819. The van der Waals surface area contributed by atoms with Gasteiger partial charge in [0.25, 0.3) is 0 Å². The normalized spacial score (nSPS) is 26.6. The first-order valence-corrected chi connectivity index (χ1v) is 6.80. The summed E-state index contributed by atoms with van der Waals surface area (Å²) in [6.07, 6.45) is 4.07. The topological polar surface area (TPSA) is 66.4 Å². The quantitative estimate of drug-likeness (QED) is 0.793. The zero-order valence-electron chi connectivity index (χ0n) is 11.7. The molecule has 0 aromatic rings. The Kier molecular flexibility index (Phi) is 5.17. The summed E-state index contributed by atoms with van der Waals surface area (Å²) < 4.78 is 0. The molecule has 0 saturated heterocycles. The van der Waals surface area contributed by atoms with Gasteiger partial charge in [-0.3, -0.25) is 9.59 Å². The Bertz CT molecular complexity index is 312. The lowest BCUT2D eigenvalue weighted by atomic mass is 9.70. The van der Waals surface area contributed by atoms with Crippen molar-refractivity contribution < 1.29 is 14.7 Å². The summed E-state index contributed by atoms with van der Waals surface area (Å²) in [7, 11) is 0. The van der Waals surface area contributed by atoms with Gasteiger partial charge in [0.1, 0.15) is 0 Å². The van der Waals surface area contributed by atoms with Crippen LogP contribution in [0.15, 0.2) is 0 Å². The Morgan fingerprint density at radius 2 is 1.94 bits per heavy atom. The van der Waals surface area contributed by atoms with Gasteiger partial charge in [-0.25, -0.2) is 0 Å². The molecule has 0 aromatic heterocycles. The van der Waals surface area contributed by atoms with Gasteiger partial charge in [0, 0.05) is 18.9 Å². The maximum Gasteiger partial charge on any atom is 0.303 e. The van der Waals surface area contributed by atoms with Gasteiger partial charge in [0.05, 0.1) is 0 Å². The maximum atomic E-state index is 11.7. The minimum Gasteiger partial charge on any atom is -0.481 e. The summed E-state index contributed by atoms with van der Waals surface area (Å²) in [5.41, 5.74) is 0.288. The lowest BCUT2D eigenvalue weighted by Gasteiger charge is -2.39. The first kappa shape index (κ1) is 15.0. The highest BCUT2D eigenvalue weighted by Crippen LogP contribution is 2.38. The van der Waals surface area contributed by atoms with E-state index in [1.165, 1.54) is 6.42 Å². The van der Waals surface area contributed by atoms with E-state index in [4.69, 9.17) is 5.11 Å². The summed E-state index contributed by atoms with van der Waals surface area (Å²) in [5.74, 6) is -0.209. The molecule has 1 aliphatic carbocycles. The number of hydrogen-bond donors (Lipinski definition) is 2. The molecule has 4 nitrogen and oxygen atoms in total. The van der Waals surface area contributed by atoms with Crippen LogP contribution >= 0.6 is 0 Å². The fraction of sp³-hybridized carbons (Fsp3) is 0.857. The molecule has 0 spiro atoms. The Balaban J connectivity index is 2.33. The highest BCUT2D eigenvalue weighted by molar-refractivity contribution is 5.77. The predicted molar refractivity (Wildman–Crippen MR) is 70.2 cm³/mol. The first-order valence-electron chi connectivity index (χ1n) is 6.80. The molecule has 1 amide bonds. The second-order valence-corrected chi connectivity index (χ2v) is 6.43. The number of carbonyl (C=O) groups excluding carboxylic acids is 1. The molecule has 2 N–H and O–H groups in total. The van der Waals surface area contributed by atoms with Crippen LogP contribution in [0.3, 0.4) is 0 Å². The summed E-state index contributed by atoms with van der Waals surface area (Å²) in [4.78, 5) is 22.1. The standard InChI is InChI=1S/C14H25NO3/c1-10-7-11(9-14(2,3)8-10)15-12(16)5-4-6-13(17)18/h10-11H,4-9H2,1-3H3,(H,15,16)(H,17,18)/t10-,11-/m1/s1. The van der Waals surface area contributed by atoms with Crippen molar-refractivity contribution in [3.05, 3.63) is 0 Å². The van der Waals surface area contributed by atoms with Crippen LogP contribution in [-0.4, -0.2) is 23.0 Å². The van der Waals surface area contributed by atoms with Crippen LogP contribution in [0, 0.1) is 11.3 Å². The number of amides is 1.